The number of imidazole rings is 1. The molecule has 0 N–H and O–H groups in total. The first-order valence-corrected chi connectivity index (χ1v) is 14.9. The van der Waals surface area contributed by atoms with Crippen molar-refractivity contribution in [2.24, 2.45) is 0 Å². The molecule has 1 aromatic heterocycles. The predicted octanol–water partition coefficient (Wildman–Crippen LogP) is 4.36. The summed E-state index contributed by atoms with van der Waals surface area (Å²) in [5.74, 6) is 1.45. The Kier molecular flexibility index (Phi) is 4.01. The van der Waals surface area contributed by atoms with Gasteiger partial charge in [-0.25, -0.2) is 0 Å². The molecule has 2 nitrogen and oxygen atoms in total. The van der Waals surface area contributed by atoms with E-state index >= 15 is 0 Å². The van der Waals surface area contributed by atoms with Gasteiger partial charge in [0.15, 0.2) is 0 Å². The van der Waals surface area contributed by atoms with Gasteiger partial charge >= 0.3 is 119 Å². The second-order valence-electron chi connectivity index (χ2n) is 3.83. The van der Waals surface area contributed by atoms with Crippen LogP contribution in [0.3, 0.4) is 0 Å². The molecule has 2 rings (SSSR count). The van der Waals surface area contributed by atoms with E-state index in [-0.39, 0.29) is 3.42 Å². The second-order valence-corrected chi connectivity index (χ2v) is 16.9. The van der Waals surface area contributed by atoms with E-state index < -0.39 is 15.8 Å². The first-order valence-electron chi connectivity index (χ1n) is 4.84. The Morgan fingerprint density at radius 2 is 2.31 bits per heavy atom. The number of hydrogen-bond acceptors (Lipinski definition) is 1. The fraction of sp³-hybridized carbons (Fsp3) is 0.364. The summed E-state index contributed by atoms with van der Waals surface area (Å²) < 4.78 is 2.29. The van der Waals surface area contributed by atoms with Crippen LogP contribution in [-0.2, 0) is 5.88 Å². The molecule has 0 amide bonds. The van der Waals surface area contributed by atoms with Gasteiger partial charge < -0.3 is 0 Å². The van der Waals surface area contributed by atoms with Gasteiger partial charge in [-0.05, 0) is 0 Å². The van der Waals surface area contributed by atoms with E-state index in [4.69, 9.17) is 11.6 Å². The Labute approximate surface area is 118 Å². The van der Waals surface area contributed by atoms with E-state index in [1.807, 2.05) is 6.20 Å². The summed E-state index contributed by atoms with van der Waals surface area (Å²) in [5.41, 5.74) is 0.927. The summed E-state index contributed by atoms with van der Waals surface area (Å²) in [6, 6.07) is 0. The molecule has 1 aliphatic rings. The molecule has 0 bridgehead atoms. The van der Waals surface area contributed by atoms with E-state index in [2.05, 4.69) is 64.4 Å². The zero-order valence-corrected chi connectivity index (χ0v) is 14.2. The summed E-state index contributed by atoms with van der Waals surface area (Å²) in [6.45, 7) is 2.30. The van der Waals surface area contributed by atoms with Gasteiger partial charge in [-0.2, -0.15) is 0 Å². The zero-order valence-electron chi connectivity index (χ0n) is 9.12. The molecular formula is C11H13ClI2N2. The Balaban J connectivity index is 2.39. The third-order valence-electron chi connectivity index (χ3n) is 2.63. The first-order chi connectivity index (χ1) is 7.55. The predicted molar refractivity (Wildman–Crippen MR) is 88.5 cm³/mol. The molecule has 0 fully saturated rings. The summed E-state index contributed by atoms with van der Waals surface area (Å²) in [4.78, 5) is 6.83. The standard InChI is InChI=1S/C11H13ClI2N2/c1-11(14(2)13)4-3-10-15-9(7-12)8-16(10)6-5-11/h3-6,8H,7H2,1-2H3. The quantitative estimate of drug-likeness (QED) is 0.472. The normalized spacial score (nSPS) is 24.1. The minimum absolute atomic E-state index is 0.242. The number of hydrogen-bond donors (Lipinski definition) is 0. The number of allylic oxidation sites excluding steroid dienone is 2. The number of alkyl halides is 3. The molecule has 16 heavy (non-hydrogen) atoms. The Hall–Kier alpha value is 0.440. The molecule has 2 heterocycles. The molecule has 1 atom stereocenters. The van der Waals surface area contributed by atoms with Crippen molar-refractivity contribution in [2.45, 2.75) is 16.2 Å². The monoisotopic (exact) mass is 462 g/mol. The number of aromatic nitrogens is 2. The van der Waals surface area contributed by atoms with Crippen molar-refractivity contribution in [3.8, 4) is 0 Å². The molecule has 1 aromatic rings. The number of fused-ring (bicyclic) bond motifs is 1. The molecule has 0 radical (unpaired) electrons. The van der Waals surface area contributed by atoms with Crippen molar-refractivity contribution in [2.75, 3.05) is 4.93 Å². The third kappa shape index (κ3) is 2.48. The fourth-order valence-corrected chi connectivity index (χ4v) is 4.74. The molecule has 88 valence electrons. The first kappa shape index (κ1) is 12.9. The van der Waals surface area contributed by atoms with Crippen molar-refractivity contribution >= 4 is 58.3 Å². The minimum atomic E-state index is -0.962. The van der Waals surface area contributed by atoms with Crippen LogP contribution >= 0.6 is 46.1 Å². The van der Waals surface area contributed by atoms with Gasteiger partial charge in [0.25, 0.3) is 0 Å². The van der Waals surface area contributed by atoms with Gasteiger partial charge in [0, 0.05) is 0 Å². The maximum absolute atomic E-state index is 5.78. The van der Waals surface area contributed by atoms with Gasteiger partial charge in [-0.15, -0.1) is 0 Å². The van der Waals surface area contributed by atoms with Crippen LogP contribution in [0.2, 0.25) is 0 Å². The van der Waals surface area contributed by atoms with Crippen molar-refractivity contribution in [1.29, 1.82) is 0 Å². The average molecular weight is 463 g/mol. The van der Waals surface area contributed by atoms with Crippen LogP contribution in [0.4, 0.5) is 0 Å². The average Bonchev–Trinajstić information content (AvgIpc) is 2.59. The molecule has 0 saturated carbocycles. The molecule has 1 unspecified atom stereocenters. The third-order valence-corrected chi connectivity index (χ3v) is 12.7. The van der Waals surface area contributed by atoms with Crippen molar-refractivity contribution < 1.29 is 0 Å². The van der Waals surface area contributed by atoms with Crippen LogP contribution in [0.25, 0.3) is 12.3 Å². The van der Waals surface area contributed by atoms with Gasteiger partial charge in [-0.3, -0.25) is 0 Å². The van der Waals surface area contributed by atoms with Crippen LogP contribution in [0.15, 0.2) is 18.3 Å². The Bertz CT molecular complexity index is 417. The SMILES string of the molecule is CI(I)C1(C)C=Cc2nc(CCl)cn2C=C1. The number of nitrogens with zero attached hydrogens (tertiary/aromatic N) is 2. The summed E-state index contributed by atoms with van der Waals surface area (Å²) >= 11 is 7.42. The van der Waals surface area contributed by atoms with Crippen molar-refractivity contribution in [3.63, 3.8) is 0 Å². The van der Waals surface area contributed by atoms with Gasteiger partial charge in [0.05, 0.1) is 0 Å². The number of halogens is 3. The molecular weight excluding hydrogens is 449 g/mol. The molecule has 5 heteroatoms. The maximum atomic E-state index is 5.78. The summed E-state index contributed by atoms with van der Waals surface area (Å²) in [5, 5.41) is 0. The Morgan fingerprint density at radius 1 is 1.56 bits per heavy atom. The van der Waals surface area contributed by atoms with Crippen LogP contribution in [-0.4, -0.2) is 17.9 Å². The van der Waals surface area contributed by atoms with E-state index in [1.165, 1.54) is 0 Å². The summed E-state index contributed by atoms with van der Waals surface area (Å²) in [6.07, 6.45) is 10.8. The van der Waals surface area contributed by atoms with E-state index in [9.17, 15) is 0 Å². The molecule has 0 saturated heterocycles. The van der Waals surface area contributed by atoms with Crippen LogP contribution in [0.1, 0.15) is 18.4 Å². The molecule has 0 spiro atoms. The second kappa shape index (κ2) is 4.97. The molecule has 0 aromatic carbocycles. The van der Waals surface area contributed by atoms with E-state index in [1.54, 1.807) is 0 Å². The van der Waals surface area contributed by atoms with E-state index in [0.29, 0.717) is 5.88 Å². The van der Waals surface area contributed by atoms with E-state index in [0.717, 1.165) is 11.5 Å². The number of rotatable bonds is 2. The van der Waals surface area contributed by atoms with Crippen LogP contribution in [0.5, 0.6) is 0 Å². The molecule has 0 aliphatic carbocycles. The van der Waals surface area contributed by atoms with Crippen molar-refractivity contribution in [1.82, 2.24) is 9.55 Å². The van der Waals surface area contributed by atoms with Crippen LogP contribution < -0.4 is 0 Å². The van der Waals surface area contributed by atoms with Gasteiger partial charge in [-0.1, -0.05) is 0 Å². The Morgan fingerprint density at radius 3 is 2.94 bits per heavy atom. The zero-order chi connectivity index (χ0) is 11.8. The fourth-order valence-electron chi connectivity index (χ4n) is 1.46. The van der Waals surface area contributed by atoms with Crippen LogP contribution in [0, 0.1) is 0 Å². The molecule has 1 aliphatic heterocycles. The van der Waals surface area contributed by atoms with Gasteiger partial charge in [0.1, 0.15) is 0 Å². The van der Waals surface area contributed by atoms with Gasteiger partial charge in [0.2, 0.25) is 0 Å². The summed E-state index contributed by atoms with van der Waals surface area (Å²) in [7, 11) is 0. The topological polar surface area (TPSA) is 17.8 Å². The van der Waals surface area contributed by atoms with Crippen molar-refractivity contribution in [3.05, 3.63) is 29.9 Å².